The Hall–Kier alpha value is -1.55. The molecule has 4 heteroatoms. The maximum atomic E-state index is 12.5. The number of fused-ring (bicyclic) bond motifs is 1. The zero-order valence-electron chi connectivity index (χ0n) is 11.0. The molecule has 0 atom stereocenters. The van der Waals surface area contributed by atoms with Gasteiger partial charge in [-0.1, -0.05) is 0 Å². The Kier molecular flexibility index (Phi) is 3.42. The van der Waals surface area contributed by atoms with E-state index >= 15 is 0 Å². The summed E-state index contributed by atoms with van der Waals surface area (Å²) in [6, 6.07) is 5.96. The average Bonchev–Trinajstić information content (AvgIpc) is 2.82. The van der Waals surface area contributed by atoms with Crippen molar-refractivity contribution in [2.24, 2.45) is 0 Å². The van der Waals surface area contributed by atoms with Gasteiger partial charge in [0.15, 0.2) is 0 Å². The number of amides is 1. The number of carbonyl (C=O) groups excluding carboxylic acids is 1. The van der Waals surface area contributed by atoms with Gasteiger partial charge in [-0.3, -0.25) is 4.79 Å². The fourth-order valence-corrected chi connectivity index (χ4v) is 2.74. The lowest BCUT2D eigenvalue weighted by Crippen LogP contribution is -2.45. The maximum Gasteiger partial charge on any atom is 0.254 e. The summed E-state index contributed by atoms with van der Waals surface area (Å²) in [5, 5.41) is 9.14. The number of aliphatic hydroxyl groups is 1. The van der Waals surface area contributed by atoms with E-state index in [-0.39, 0.29) is 12.5 Å². The first-order valence-corrected chi connectivity index (χ1v) is 6.97. The summed E-state index contributed by atoms with van der Waals surface area (Å²) in [5.41, 5.74) is 1.83. The van der Waals surface area contributed by atoms with E-state index in [1.807, 2.05) is 23.1 Å². The van der Waals surface area contributed by atoms with E-state index in [0.717, 1.165) is 30.6 Å². The van der Waals surface area contributed by atoms with Crippen molar-refractivity contribution in [3.8, 4) is 5.75 Å². The molecular formula is C15H19NO3. The van der Waals surface area contributed by atoms with Crippen LogP contribution in [0.1, 0.15) is 35.2 Å². The first-order chi connectivity index (χ1) is 9.29. The fraction of sp³-hybridized carbons (Fsp3) is 0.533. The molecule has 1 amide bonds. The summed E-state index contributed by atoms with van der Waals surface area (Å²) in [4.78, 5) is 14.4. The molecule has 2 aliphatic rings. The Balaban J connectivity index is 1.81. The van der Waals surface area contributed by atoms with Gasteiger partial charge in [-0.2, -0.15) is 0 Å². The van der Waals surface area contributed by atoms with E-state index in [1.165, 1.54) is 6.42 Å². The van der Waals surface area contributed by atoms with E-state index in [2.05, 4.69) is 0 Å². The van der Waals surface area contributed by atoms with Crippen LogP contribution < -0.4 is 4.74 Å². The van der Waals surface area contributed by atoms with Crippen LogP contribution in [0, 0.1) is 0 Å². The number of hydrogen-bond donors (Lipinski definition) is 1. The summed E-state index contributed by atoms with van der Waals surface area (Å²) in [5.74, 6) is 0.933. The standard InChI is InChI=1S/C15H19NO3/c17-8-7-16(13-2-1-3-13)15(18)12-4-5-14-11(10-12)6-9-19-14/h4-5,10,13,17H,1-3,6-9H2. The second kappa shape index (κ2) is 5.21. The number of carbonyl (C=O) groups is 1. The SMILES string of the molecule is O=C(c1ccc2c(c1)CCO2)N(CCO)C1CCC1. The minimum atomic E-state index is 0.0241. The smallest absolute Gasteiger partial charge is 0.254 e. The van der Waals surface area contributed by atoms with Crippen LogP contribution in [0.25, 0.3) is 0 Å². The van der Waals surface area contributed by atoms with Gasteiger partial charge in [-0.05, 0) is 43.0 Å². The van der Waals surface area contributed by atoms with Crippen LogP contribution in [-0.4, -0.2) is 41.7 Å². The number of benzene rings is 1. The lowest BCUT2D eigenvalue weighted by atomic mass is 9.91. The molecule has 1 aliphatic heterocycles. The fourth-order valence-electron chi connectivity index (χ4n) is 2.74. The van der Waals surface area contributed by atoms with Crippen LogP contribution in [0.3, 0.4) is 0 Å². The zero-order chi connectivity index (χ0) is 13.2. The third-order valence-electron chi connectivity index (χ3n) is 4.05. The Bertz CT molecular complexity index is 482. The second-order valence-electron chi connectivity index (χ2n) is 5.23. The molecule has 1 fully saturated rings. The highest BCUT2D eigenvalue weighted by atomic mass is 16.5. The summed E-state index contributed by atoms with van der Waals surface area (Å²) in [6.45, 7) is 1.16. The molecular weight excluding hydrogens is 242 g/mol. The van der Waals surface area contributed by atoms with Gasteiger partial charge < -0.3 is 14.7 Å². The molecule has 0 saturated heterocycles. The third kappa shape index (κ3) is 2.32. The van der Waals surface area contributed by atoms with Crippen LogP contribution in [0.4, 0.5) is 0 Å². The van der Waals surface area contributed by atoms with Gasteiger partial charge in [0.1, 0.15) is 5.75 Å². The highest BCUT2D eigenvalue weighted by molar-refractivity contribution is 5.95. The van der Waals surface area contributed by atoms with Crippen molar-refractivity contribution in [3.05, 3.63) is 29.3 Å². The molecule has 0 radical (unpaired) electrons. The normalized spacial score (nSPS) is 17.5. The monoisotopic (exact) mass is 261 g/mol. The number of rotatable bonds is 4. The predicted octanol–water partition coefficient (Wildman–Crippen LogP) is 1.61. The molecule has 1 heterocycles. The van der Waals surface area contributed by atoms with Gasteiger partial charge in [-0.15, -0.1) is 0 Å². The first kappa shape index (κ1) is 12.5. The third-order valence-corrected chi connectivity index (χ3v) is 4.05. The van der Waals surface area contributed by atoms with Crippen molar-refractivity contribution < 1.29 is 14.6 Å². The minimum Gasteiger partial charge on any atom is -0.493 e. The van der Waals surface area contributed by atoms with E-state index in [4.69, 9.17) is 9.84 Å². The van der Waals surface area contributed by atoms with Crippen molar-refractivity contribution in [3.63, 3.8) is 0 Å². The van der Waals surface area contributed by atoms with Gasteiger partial charge in [0, 0.05) is 24.6 Å². The van der Waals surface area contributed by atoms with Crippen molar-refractivity contribution in [2.45, 2.75) is 31.7 Å². The van der Waals surface area contributed by atoms with Crippen molar-refractivity contribution >= 4 is 5.91 Å². The summed E-state index contributed by atoms with van der Waals surface area (Å²) in [7, 11) is 0. The molecule has 0 aromatic heterocycles. The molecule has 102 valence electrons. The van der Waals surface area contributed by atoms with Gasteiger partial charge in [0.2, 0.25) is 0 Å². The largest absolute Gasteiger partial charge is 0.493 e. The van der Waals surface area contributed by atoms with E-state index in [1.54, 1.807) is 0 Å². The molecule has 0 spiro atoms. The molecule has 1 N–H and O–H groups in total. The van der Waals surface area contributed by atoms with Gasteiger partial charge in [0.25, 0.3) is 5.91 Å². The van der Waals surface area contributed by atoms with E-state index in [0.29, 0.717) is 24.8 Å². The van der Waals surface area contributed by atoms with Crippen molar-refractivity contribution in [2.75, 3.05) is 19.8 Å². The van der Waals surface area contributed by atoms with E-state index in [9.17, 15) is 4.79 Å². The lowest BCUT2D eigenvalue weighted by molar-refractivity contribution is 0.0525. The van der Waals surface area contributed by atoms with E-state index < -0.39 is 0 Å². The van der Waals surface area contributed by atoms with Crippen LogP contribution >= 0.6 is 0 Å². The predicted molar refractivity (Wildman–Crippen MR) is 71.4 cm³/mol. The highest BCUT2D eigenvalue weighted by Gasteiger charge is 2.29. The number of nitrogens with zero attached hydrogens (tertiary/aromatic N) is 1. The highest BCUT2D eigenvalue weighted by Crippen LogP contribution is 2.29. The molecule has 3 rings (SSSR count). The van der Waals surface area contributed by atoms with Crippen LogP contribution in [0.2, 0.25) is 0 Å². The number of ether oxygens (including phenoxy) is 1. The first-order valence-electron chi connectivity index (χ1n) is 6.97. The Morgan fingerprint density at radius 1 is 1.42 bits per heavy atom. The molecule has 1 aliphatic carbocycles. The molecule has 19 heavy (non-hydrogen) atoms. The van der Waals surface area contributed by atoms with Crippen molar-refractivity contribution in [1.82, 2.24) is 4.90 Å². The molecule has 1 aromatic rings. The summed E-state index contributed by atoms with van der Waals surface area (Å²) < 4.78 is 5.46. The molecule has 0 unspecified atom stereocenters. The number of aliphatic hydroxyl groups excluding tert-OH is 1. The zero-order valence-corrected chi connectivity index (χ0v) is 11.0. The van der Waals surface area contributed by atoms with Crippen LogP contribution in [-0.2, 0) is 6.42 Å². The van der Waals surface area contributed by atoms with Gasteiger partial charge in [0.05, 0.1) is 13.2 Å². The van der Waals surface area contributed by atoms with Crippen LogP contribution in [0.15, 0.2) is 18.2 Å². The van der Waals surface area contributed by atoms with Gasteiger partial charge in [-0.25, -0.2) is 0 Å². The minimum absolute atomic E-state index is 0.0241. The summed E-state index contributed by atoms with van der Waals surface area (Å²) in [6.07, 6.45) is 4.16. The van der Waals surface area contributed by atoms with Crippen molar-refractivity contribution in [1.29, 1.82) is 0 Å². The lowest BCUT2D eigenvalue weighted by Gasteiger charge is -2.37. The second-order valence-corrected chi connectivity index (χ2v) is 5.23. The Labute approximate surface area is 113 Å². The maximum absolute atomic E-state index is 12.5. The summed E-state index contributed by atoms with van der Waals surface area (Å²) >= 11 is 0. The quantitative estimate of drug-likeness (QED) is 0.895. The molecule has 4 nitrogen and oxygen atoms in total. The van der Waals surface area contributed by atoms with Crippen LogP contribution in [0.5, 0.6) is 5.75 Å². The van der Waals surface area contributed by atoms with Gasteiger partial charge >= 0.3 is 0 Å². The molecule has 1 aromatic carbocycles. The topological polar surface area (TPSA) is 49.8 Å². The molecule has 0 bridgehead atoms. The Morgan fingerprint density at radius 3 is 2.95 bits per heavy atom. The Morgan fingerprint density at radius 2 is 2.26 bits per heavy atom. The average molecular weight is 261 g/mol. The number of hydrogen-bond acceptors (Lipinski definition) is 3. The molecule has 1 saturated carbocycles.